The minimum atomic E-state index is -1.02. The van der Waals surface area contributed by atoms with Gasteiger partial charge in [0, 0.05) is 26.3 Å². The minimum Gasteiger partial charge on any atom is -0.478 e. The largest absolute Gasteiger partial charge is 0.478 e. The highest BCUT2D eigenvalue weighted by Crippen LogP contribution is 2.36. The highest BCUT2D eigenvalue weighted by atomic mass is 35.5. The molecule has 0 saturated heterocycles. The lowest BCUT2D eigenvalue weighted by molar-refractivity contribution is 0.0697. The van der Waals surface area contributed by atoms with Gasteiger partial charge < -0.3 is 20.2 Å². The average molecular weight is 476 g/mol. The van der Waals surface area contributed by atoms with Crippen LogP contribution in [0.2, 0.25) is 10.0 Å². The molecule has 11 heteroatoms. The second kappa shape index (κ2) is 8.25. The van der Waals surface area contributed by atoms with Gasteiger partial charge in [0.1, 0.15) is 11.5 Å². The van der Waals surface area contributed by atoms with E-state index in [4.69, 9.17) is 28.3 Å². The van der Waals surface area contributed by atoms with Crippen LogP contribution in [-0.4, -0.2) is 34.0 Å². The van der Waals surface area contributed by atoms with E-state index >= 15 is 0 Å². The van der Waals surface area contributed by atoms with Crippen molar-refractivity contribution in [2.24, 2.45) is 7.05 Å². The number of aromatic amines is 1. The topological polar surface area (TPSA) is 111 Å². The summed E-state index contributed by atoms with van der Waals surface area (Å²) in [5.74, 6) is -0.586. The van der Waals surface area contributed by atoms with E-state index in [1.165, 1.54) is 16.7 Å². The van der Waals surface area contributed by atoms with Crippen LogP contribution >= 0.6 is 23.2 Å². The number of nitrogens with zero attached hydrogens (tertiary/aromatic N) is 3. The van der Waals surface area contributed by atoms with E-state index in [1.807, 2.05) is 11.0 Å². The number of carboxylic acids is 1. The molecular formula is C21H19Cl2N5O4. The number of rotatable bonds is 5. The van der Waals surface area contributed by atoms with Gasteiger partial charge in [-0.05, 0) is 42.0 Å². The van der Waals surface area contributed by atoms with Crippen molar-refractivity contribution >= 4 is 46.4 Å². The van der Waals surface area contributed by atoms with Crippen molar-refractivity contribution in [1.29, 1.82) is 0 Å². The average Bonchev–Trinajstić information content (AvgIpc) is 3.01. The third-order valence-corrected chi connectivity index (χ3v) is 6.06. The first-order valence-corrected chi connectivity index (χ1v) is 10.3. The van der Waals surface area contributed by atoms with Crippen LogP contribution in [0, 0.1) is 0 Å². The molecule has 1 aromatic heterocycles. The third-order valence-electron chi connectivity index (χ3n) is 5.32. The quantitative estimate of drug-likeness (QED) is 0.520. The molecule has 0 spiro atoms. The number of carboxylic acid groups (broad SMARTS) is 1. The summed E-state index contributed by atoms with van der Waals surface area (Å²) in [7, 11) is 3.31. The molecule has 3 aromatic rings. The van der Waals surface area contributed by atoms with Crippen LogP contribution < -0.4 is 26.4 Å². The minimum absolute atomic E-state index is 0.158. The maximum Gasteiger partial charge on any atom is 0.335 e. The number of halogens is 2. The molecule has 1 unspecified atom stereocenters. The molecule has 0 bridgehead atoms. The molecule has 4 rings (SSSR count). The molecule has 0 aliphatic carbocycles. The summed E-state index contributed by atoms with van der Waals surface area (Å²) in [6.45, 7) is 0.315. The Hall–Kier alpha value is -3.43. The number of anilines is 3. The van der Waals surface area contributed by atoms with Crippen molar-refractivity contribution in [3.63, 3.8) is 0 Å². The number of aromatic carboxylic acids is 1. The zero-order valence-electron chi connectivity index (χ0n) is 17.1. The zero-order chi connectivity index (χ0) is 23.2. The van der Waals surface area contributed by atoms with Gasteiger partial charge in [-0.1, -0.05) is 29.3 Å². The lowest BCUT2D eigenvalue weighted by Crippen LogP contribution is -2.47. The van der Waals surface area contributed by atoms with Crippen LogP contribution in [0.5, 0.6) is 0 Å². The first-order chi connectivity index (χ1) is 15.2. The van der Waals surface area contributed by atoms with E-state index in [0.717, 1.165) is 5.56 Å². The van der Waals surface area contributed by atoms with E-state index in [-0.39, 0.29) is 5.56 Å². The molecule has 0 fully saturated rings. The molecule has 1 atom stereocenters. The Labute approximate surface area is 192 Å². The molecule has 9 nitrogen and oxygen atoms in total. The lowest BCUT2D eigenvalue weighted by Gasteiger charge is -2.32. The number of nitrogens with one attached hydrogen (secondary N) is 2. The van der Waals surface area contributed by atoms with Gasteiger partial charge in [0.25, 0.3) is 5.56 Å². The second-order valence-electron chi connectivity index (χ2n) is 7.38. The Kier molecular flexibility index (Phi) is 5.62. The fraction of sp³-hybridized carbons (Fsp3) is 0.190. The van der Waals surface area contributed by atoms with Gasteiger partial charge in [-0.15, -0.1) is 0 Å². The first-order valence-electron chi connectivity index (χ1n) is 9.54. The van der Waals surface area contributed by atoms with E-state index < -0.39 is 23.5 Å². The summed E-state index contributed by atoms with van der Waals surface area (Å²) < 4.78 is 1.37. The van der Waals surface area contributed by atoms with Gasteiger partial charge in [-0.3, -0.25) is 14.3 Å². The van der Waals surface area contributed by atoms with Gasteiger partial charge in [-0.2, -0.15) is 0 Å². The van der Waals surface area contributed by atoms with Crippen LogP contribution in [0.3, 0.4) is 0 Å². The Morgan fingerprint density at radius 1 is 1.09 bits per heavy atom. The first kappa shape index (κ1) is 21.8. The summed E-state index contributed by atoms with van der Waals surface area (Å²) in [5.41, 5.74) is 0.904. The number of benzene rings is 2. The number of carbonyl (C=O) groups is 1. The van der Waals surface area contributed by atoms with Crippen LogP contribution in [-0.2, 0) is 13.6 Å². The Bertz CT molecular complexity index is 1320. The van der Waals surface area contributed by atoms with Gasteiger partial charge in [-0.25, -0.2) is 9.59 Å². The number of fused-ring (bicyclic) bond motifs is 1. The van der Waals surface area contributed by atoms with Crippen molar-refractivity contribution in [3.05, 3.63) is 84.5 Å². The fourth-order valence-electron chi connectivity index (χ4n) is 3.72. The number of hydrogen-bond acceptors (Lipinski definition) is 6. The van der Waals surface area contributed by atoms with Gasteiger partial charge in [0.05, 0.1) is 15.6 Å². The van der Waals surface area contributed by atoms with Crippen LogP contribution in [0.1, 0.15) is 15.9 Å². The van der Waals surface area contributed by atoms with E-state index in [9.17, 15) is 14.4 Å². The maximum atomic E-state index is 12.6. The predicted octanol–water partition coefficient (Wildman–Crippen LogP) is 2.93. The highest BCUT2D eigenvalue weighted by molar-refractivity contribution is 6.42. The molecule has 0 amide bonds. The summed E-state index contributed by atoms with van der Waals surface area (Å²) in [5, 5.41) is 13.3. The van der Waals surface area contributed by atoms with E-state index in [0.29, 0.717) is 33.8 Å². The van der Waals surface area contributed by atoms with Crippen molar-refractivity contribution < 1.29 is 9.90 Å². The normalized spacial score (nSPS) is 15.1. The molecular weight excluding hydrogens is 457 g/mol. The third kappa shape index (κ3) is 3.80. The molecule has 1 aliphatic heterocycles. The summed E-state index contributed by atoms with van der Waals surface area (Å²) in [6.07, 6.45) is -0.552. The van der Waals surface area contributed by atoms with E-state index in [2.05, 4.69) is 10.3 Å². The second-order valence-corrected chi connectivity index (χ2v) is 8.19. The molecule has 0 saturated carbocycles. The van der Waals surface area contributed by atoms with Gasteiger partial charge >= 0.3 is 11.7 Å². The van der Waals surface area contributed by atoms with Gasteiger partial charge in [0.15, 0.2) is 6.29 Å². The molecule has 0 radical (unpaired) electrons. The monoisotopic (exact) mass is 475 g/mol. The smallest absolute Gasteiger partial charge is 0.335 e. The highest BCUT2D eigenvalue weighted by Gasteiger charge is 2.38. The Morgan fingerprint density at radius 3 is 2.41 bits per heavy atom. The van der Waals surface area contributed by atoms with Crippen molar-refractivity contribution in [3.8, 4) is 0 Å². The molecule has 166 valence electrons. The lowest BCUT2D eigenvalue weighted by atomic mass is 10.2. The van der Waals surface area contributed by atoms with Gasteiger partial charge in [0.2, 0.25) is 0 Å². The van der Waals surface area contributed by atoms with Crippen LogP contribution in [0.25, 0.3) is 0 Å². The number of H-pyrrole nitrogens is 1. The molecule has 2 heterocycles. The van der Waals surface area contributed by atoms with Crippen molar-refractivity contribution in [1.82, 2.24) is 9.55 Å². The Balaban J connectivity index is 1.77. The standard InChI is InChI=1S/C21H19Cl2N5O4/c1-26-16-17(29)25-21(32)27(2)18(16)28(10-11-3-8-14(22)15(23)9-11)20(26)24-13-6-4-12(5-7-13)19(30)31/h3-9,20,24H,10H2,1-2H3,(H,30,31)(H,25,29,32). The Morgan fingerprint density at radius 2 is 1.78 bits per heavy atom. The van der Waals surface area contributed by atoms with Crippen molar-refractivity contribution in [2.45, 2.75) is 12.8 Å². The fourth-order valence-corrected chi connectivity index (χ4v) is 4.04. The molecule has 32 heavy (non-hydrogen) atoms. The van der Waals surface area contributed by atoms with Crippen LogP contribution in [0.15, 0.2) is 52.1 Å². The van der Waals surface area contributed by atoms with Crippen molar-refractivity contribution in [2.75, 3.05) is 22.2 Å². The summed E-state index contributed by atoms with van der Waals surface area (Å²) >= 11 is 12.2. The molecule has 2 aromatic carbocycles. The SMILES string of the molecule is CN1c2c(n(C)c(=O)[nH]c2=O)N(Cc2ccc(Cl)c(Cl)c2)C1Nc1ccc(C(=O)O)cc1. The van der Waals surface area contributed by atoms with Crippen LogP contribution in [0.4, 0.5) is 17.2 Å². The molecule has 3 N–H and O–H groups in total. The van der Waals surface area contributed by atoms with E-state index in [1.54, 1.807) is 43.3 Å². The zero-order valence-corrected chi connectivity index (χ0v) is 18.6. The number of hydrogen-bond donors (Lipinski definition) is 3. The summed E-state index contributed by atoms with van der Waals surface area (Å²) in [4.78, 5) is 42.0. The molecule has 1 aliphatic rings. The number of aromatic nitrogens is 2. The summed E-state index contributed by atoms with van der Waals surface area (Å²) in [6, 6.07) is 11.5. The maximum absolute atomic E-state index is 12.6. The predicted molar refractivity (Wildman–Crippen MR) is 124 cm³/mol.